The van der Waals surface area contributed by atoms with E-state index in [2.05, 4.69) is 25.7 Å². The van der Waals surface area contributed by atoms with Crippen molar-refractivity contribution >= 4 is 23.4 Å². The summed E-state index contributed by atoms with van der Waals surface area (Å²) in [6.07, 6.45) is 4.62. The van der Waals surface area contributed by atoms with Crippen molar-refractivity contribution in [1.29, 1.82) is 0 Å². The van der Waals surface area contributed by atoms with E-state index in [1.807, 2.05) is 0 Å². The van der Waals surface area contributed by atoms with Crippen LogP contribution in [-0.4, -0.2) is 43.3 Å². The number of thioether (sulfide) groups is 1. The number of nitrogens with one attached hydrogen (secondary N) is 2. The molecule has 3 rings (SSSR count). The first-order valence-corrected chi connectivity index (χ1v) is 6.91. The highest BCUT2D eigenvalue weighted by Gasteiger charge is 2.22. The molecule has 2 aromatic heterocycles. The van der Waals surface area contributed by atoms with E-state index in [4.69, 9.17) is 0 Å². The van der Waals surface area contributed by atoms with Gasteiger partial charge in [0.05, 0.1) is 17.9 Å². The molecular formula is C11H12N6OS. The minimum absolute atomic E-state index is 0.0275. The molecule has 1 atom stereocenters. The SMILES string of the molecule is O=C(Nc1ccc(-n2cncn2)nc1)C1CSCN1. The maximum atomic E-state index is 11.9. The predicted molar refractivity (Wildman–Crippen MR) is 72.0 cm³/mol. The lowest BCUT2D eigenvalue weighted by atomic mass is 10.3. The molecule has 0 saturated carbocycles. The van der Waals surface area contributed by atoms with E-state index in [1.54, 1.807) is 41.1 Å². The molecule has 0 spiro atoms. The fraction of sp³-hybridized carbons (Fsp3) is 0.273. The van der Waals surface area contributed by atoms with Crippen LogP contribution in [-0.2, 0) is 4.79 Å². The maximum Gasteiger partial charge on any atom is 0.242 e. The van der Waals surface area contributed by atoms with E-state index < -0.39 is 0 Å². The Morgan fingerprint density at radius 1 is 1.53 bits per heavy atom. The average molecular weight is 276 g/mol. The predicted octanol–water partition coefficient (Wildman–Crippen LogP) is 0.263. The van der Waals surface area contributed by atoms with Crippen LogP contribution >= 0.6 is 11.8 Å². The van der Waals surface area contributed by atoms with Crippen LogP contribution in [0.4, 0.5) is 5.69 Å². The molecule has 1 unspecified atom stereocenters. The third-order valence-corrected chi connectivity index (χ3v) is 3.64. The monoisotopic (exact) mass is 276 g/mol. The van der Waals surface area contributed by atoms with Crippen LogP contribution in [0.3, 0.4) is 0 Å². The quantitative estimate of drug-likeness (QED) is 0.836. The summed E-state index contributed by atoms with van der Waals surface area (Å²) in [4.78, 5) is 20.0. The summed E-state index contributed by atoms with van der Waals surface area (Å²) in [5.41, 5.74) is 0.674. The summed E-state index contributed by atoms with van der Waals surface area (Å²) in [6, 6.07) is 3.45. The van der Waals surface area contributed by atoms with Crippen LogP contribution in [0.5, 0.6) is 0 Å². The highest BCUT2D eigenvalue weighted by molar-refractivity contribution is 7.99. The van der Waals surface area contributed by atoms with E-state index in [0.717, 1.165) is 11.6 Å². The van der Waals surface area contributed by atoms with Gasteiger partial charge in [-0.1, -0.05) is 0 Å². The van der Waals surface area contributed by atoms with Crippen molar-refractivity contribution in [2.75, 3.05) is 16.9 Å². The third-order valence-electron chi connectivity index (χ3n) is 2.70. The Bertz CT molecular complexity index is 549. The number of nitrogens with zero attached hydrogens (tertiary/aromatic N) is 4. The number of aromatic nitrogens is 4. The van der Waals surface area contributed by atoms with Gasteiger partial charge in [-0.2, -0.15) is 5.10 Å². The van der Waals surface area contributed by atoms with Crippen LogP contribution < -0.4 is 10.6 Å². The van der Waals surface area contributed by atoms with Gasteiger partial charge in [-0.3, -0.25) is 10.1 Å². The second-order valence-corrected chi connectivity index (χ2v) is 5.04. The molecule has 8 heteroatoms. The molecule has 1 saturated heterocycles. The Kier molecular flexibility index (Phi) is 3.43. The maximum absolute atomic E-state index is 11.9. The van der Waals surface area contributed by atoms with E-state index >= 15 is 0 Å². The van der Waals surface area contributed by atoms with Crippen molar-refractivity contribution in [3.8, 4) is 5.82 Å². The molecule has 3 heterocycles. The highest BCUT2D eigenvalue weighted by atomic mass is 32.2. The molecule has 1 aliphatic heterocycles. The summed E-state index contributed by atoms with van der Waals surface area (Å²) < 4.78 is 1.56. The van der Waals surface area contributed by atoms with Crippen LogP contribution in [0.25, 0.3) is 5.82 Å². The topological polar surface area (TPSA) is 84.7 Å². The normalized spacial score (nSPS) is 18.4. The summed E-state index contributed by atoms with van der Waals surface area (Å²) in [6.45, 7) is 0. The Balaban J connectivity index is 1.67. The molecule has 2 N–H and O–H groups in total. The Morgan fingerprint density at radius 2 is 2.47 bits per heavy atom. The molecule has 0 aliphatic carbocycles. The van der Waals surface area contributed by atoms with Crippen molar-refractivity contribution in [1.82, 2.24) is 25.1 Å². The minimum atomic E-state index is -0.125. The fourth-order valence-electron chi connectivity index (χ4n) is 1.72. The van der Waals surface area contributed by atoms with Gasteiger partial charge in [0.15, 0.2) is 5.82 Å². The lowest BCUT2D eigenvalue weighted by Crippen LogP contribution is -2.37. The van der Waals surface area contributed by atoms with Gasteiger partial charge in [-0.05, 0) is 12.1 Å². The number of hydrogen-bond acceptors (Lipinski definition) is 6. The zero-order valence-electron chi connectivity index (χ0n) is 9.98. The summed E-state index contributed by atoms with van der Waals surface area (Å²) in [7, 11) is 0. The summed E-state index contributed by atoms with van der Waals surface area (Å²) in [5, 5.41) is 9.94. The van der Waals surface area contributed by atoms with Crippen molar-refractivity contribution in [2.24, 2.45) is 0 Å². The highest BCUT2D eigenvalue weighted by Crippen LogP contribution is 2.13. The molecule has 0 aromatic carbocycles. The zero-order valence-corrected chi connectivity index (χ0v) is 10.8. The van der Waals surface area contributed by atoms with E-state index in [9.17, 15) is 4.79 Å². The number of rotatable bonds is 3. The molecule has 1 amide bonds. The molecule has 2 aromatic rings. The first kappa shape index (κ1) is 12.1. The second kappa shape index (κ2) is 5.37. The summed E-state index contributed by atoms with van der Waals surface area (Å²) >= 11 is 1.72. The van der Waals surface area contributed by atoms with E-state index in [1.165, 1.54) is 6.33 Å². The van der Waals surface area contributed by atoms with Crippen molar-refractivity contribution in [3.63, 3.8) is 0 Å². The van der Waals surface area contributed by atoms with Gasteiger partial charge in [-0.15, -0.1) is 11.8 Å². The first-order valence-electron chi connectivity index (χ1n) is 5.76. The van der Waals surface area contributed by atoms with Crippen LogP contribution in [0.2, 0.25) is 0 Å². The van der Waals surface area contributed by atoms with Gasteiger partial charge in [0.25, 0.3) is 0 Å². The largest absolute Gasteiger partial charge is 0.323 e. The standard InChI is InChI=1S/C11H12N6OS/c18-11(9-4-19-7-14-9)16-8-1-2-10(13-3-8)17-6-12-5-15-17/h1-3,5-6,9,14H,4,7H2,(H,16,18). The molecule has 7 nitrogen and oxygen atoms in total. The van der Waals surface area contributed by atoms with Crippen LogP contribution in [0.15, 0.2) is 31.0 Å². The number of pyridine rings is 1. The average Bonchev–Trinajstić information content (AvgIpc) is 3.13. The first-order chi connectivity index (χ1) is 9.33. The smallest absolute Gasteiger partial charge is 0.242 e. The number of carbonyl (C=O) groups is 1. The molecular weight excluding hydrogens is 264 g/mol. The molecule has 0 bridgehead atoms. The van der Waals surface area contributed by atoms with Gasteiger partial charge >= 0.3 is 0 Å². The minimum Gasteiger partial charge on any atom is -0.323 e. The molecule has 1 aliphatic rings. The van der Waals surface area contributed by atoms with Gasteiger partial charge in [0.2, 0.25) is 5.91 Å². The number of carbonyl (C=O) groups excluding carboxylic acids is 1. The Labute approximate surface area is 113 Å². The zero-order chi connectivity index (χ0) is 13.1. The van der Waals surface area contributed by atoms with Crippen molar-refractivity contribution < 1.29 is 4.79 Å². The number of amides is 1. The molecule has 1 fully saturated rings. The van der Waals surface area contributed by atoms with Crippen molar-refractivity contribution in [2.45, 2.75) is 6.04 Å². The lowest BCUT2D eigenvalue weighted by molar-refractivity contribution is -0.117. The van der Waals surface area contributed by atoms with Gasteiger partial charge in [0, 0.05) is 11.6 Å². The van der Waals surface area contributed by atoms with Crippen molar-refractivity contribution in [3.05, 3.63) is 31.0 Å². The molecule has 19 heavy (non-hydrogen) atoms. The second-order valence-electron chi connectivity index (χ2n) is 4.01. The molecule has 98 valence electrons. The van der Waals surface area contributed by atoms with Crippen LogP contribution in [0, 0.1) is 0 Å². The summed E-state index contributed by atoms with van der Waals surface area (Å²) in [5.74, 6) is 2.25. The van der Waals surface area contributed by atoms with Crippen LogP contribution in [0.1, 0.15) is 0 Å². The number of anilines is 1. The molecule has 0 radical (unpaired) electrons. The third kappa shape index (κ3) is 2.74. The lowest BCUT2D eigenvalue weighted by Gasteiger charge is -2.10. The Hall–Kier alpha value is -1.93. The van der Waals surface area contributed by atoms with E-state index in [-0.39, 0.29) is 11.9 Å². The van der Waals surface area contributed by atoms with Gasteiger partial charge in [0.1, 0.15) is 12.7 Å². The Morgan fingerprint density at radius 3 is 3.11 bits per heavy atom. The van der Waals surface area contributed by atoms with Gasteiger partial charge in [-0.25, -0.2) is 14.6 Å². The van der Waals surface area contributed by atoms with E-state index in [0.29, 0.717) is 11.5 Å². The fourth-order valence-corrected chi connectivity index (χ4v) is 2.66. The van der Waals surface area contributed by atoms with Gasteiger partial charge < -0.3 is 5.32 Å². The number of hydrogen-bond donors (Lipinski definition) is 2.